The topological polar surface area (TPSA) is 67.6 Å². The molecule has 0 bridgehead atoms. The van der Waals surface area contributed by atoms with Crippen molar-refractivity contribution in [2.24, 2.45) is 5.73 Å². The molecule has 2 heterocycles. The van der Waals surface area contributed by atoms with Gasteiger partial charge in [0.2, 0.25) is 0 Å². The smallest absolute Gasteiger partial charge is 0.104 e. The van der Waals surface area contributed by atoms with Gasteiger partial charge in [-0.25, -0.2) is 9.97 Å². The summed E-state index contributed by atoms with van der Waals surface area (Å²) in [6.07, 6.45) is 2.76. The zero-order valence-corrected chi connectivity index (χ0v) is 10.9. The summed E-state index contributed by atoms with van der Waals surface area (Å²) in [4.78, 5) is 13.2. The van der Waals surface area contributed by atoms with Gasteiger partial charge < -0.3 is 10.7 Å². The largest absolute Gasteiger partial charge is 0.342 e. The Morgan fingerprint density at radius 3 is 3.11 bits per heavy atom. The molecule has 18 heavy (non-hydrogen) atoms. The third-order valence-corrected chi connectivity index (χ3v) is 3.90. The molecule has 3 rings (SSSR count). The standard InChI is InChI=1S/C13H14N4S/c1-8-16-10-3-2-9(6-11(10)17-8)12-7-15-13(18-12)4-5-14/h2-3,6-7H,4-5,14H2,1H3,(H,16,17). The minimum Gasteiger partial charge on any atom is -0.342 e. The molecule has 0 saturated heterocycles. The summed E-state index contributed by atoms with van der Waals surface area (Å²) in [6.45, 7) is 2.61. The van der Waals surface area contributed by atoms with E-state index in [2.05, 4.69) is 27.1 Å². The van der Waals surface area contributed by atoms with Gasteiger partial charge >= 0.3 is 0 Å². The number of imidazole rings is 1. The minimum absolute atomic E-state index is 0.645. The first-order valence-electron chi connectivity index (χ1n) is 5.88. The van der Waals surface area contributed by atoms with Gasteiger partial charge in [-0.2, -0.15) is 0 Å². The maximum Gasteiger partial charge on any atom is 0.104 e. The molecule has 0 radical (unpaired) electrons. The van der Waals surface area contributed by atoms with Crippen molar-refractivity contribution in [2.45, 2.75) is 13.3 Å². The number of H-pyrrole nitrogens is 1. The van der Waals surface area contributed by atoms with Gasteiger partial charge in [-0.1, -0.05) is 6.07 Å². The third kappa shape index (κ3) is 2.02. The number of rotatable bonds is 3. The second-order valence-electron chi connectivity index (χ2n) is 4.21. The molecular weight excluding hydrogens is 244 g/mol. The van der Waals surface area contributed by atoms with Crippen LogP contribution in [0.5, 0.6) is 0 Å². The van der Waals surface area contributed by atoms with E-state index >= 15 is 0 Å². The number of thiazole rings is 1. The van der Waals surface area contributed by atoms with Crippen LogP contribution in [0.4, 0.5) is 0 Å². The number of fused-ring (bicyclic) bond motifs is 1. The molecule has 0 atom stereocenters. The Bertz CT molecular complexity index is 683. The second kappa shape index (κ2) is 4.51. The lowest BCUT2D eigenvalue weighted by Crippen LogP contribution is -2.01. The number of hydrogen-bond donors (Lipinski definition) is 2. The minimum atomic E-state index is 0.645. The van der Waals surface area contributed by atoms with Gasteiger partial charge in [0.05, 0.1) is 20.9 Å². The van der Waals surface area contributed by atoms with Crippen molar-refractivity contribution in [3.05, 3.63) is 35.2 Å². The average molecular weight is 258 g/mol. The summed E-state index contributed by atoms with van der Waals surface area (Å²) in [6, 6.07) is 6.24. The Morgan fingerprint density at radius 1 is 1.39 bits per heavy atom. The maximum atomic E-state index is 5.54. The Hall–Kier alpha value is -1.72. The highest BCUT2D eigenvalue weighted by Gasteiger charge is 2.06. The van der Waals surface area contributed by atoms with Gasteiger partial charge in [0, 0.05) is 12.6 Å². The van der Waals surface area contributed by atoms with Crippen LogP contribution in [0.1, 0.15) is 10.8 Å². The molecule has 0 aliphatic heterocycles. The first-order chi connectivity index (χ1) is 8.76. The molecule has 2 aromatic heterocycles. The normalized spacial score (nSPS) is 11.2. The van der Waals surface area contributed by atoms with Crippen molar-refractivity contribution in [3.8, 4) is 10.4 Å². The van der Waals surface area contributed by atoms with Gasteiger partial charge in [-0.3, -0.25) is 0 Å². The van der Waals surface area contributed by atoms with E-state index in [1.807, 2.05) is 19.2 Å². The molecule has 0 aliphatic rings. The van der Waals surface area contributed by atoms with Gasteiger partial charge in [-0.15, -0.1) is 11.3 Å². The van der Waals surface area contributed by atoms with Gasteiger partial charge in [0.25, 0.3) is 0 Å². The highest BCUT2D eigenvalue weighted by molar-refractivity contribution is 7.15. The van der Waals surface area contributed by atoms with Crippen molar-refractivity contribution in [3.63, 3.8) is 0 Å². The molecule has 0 saturated carbocycles. The molecule has 3 aromatic rings. The van der Waals surface area contributed by atoms with Crippen LogP contribution >= 0.6 is 11.3 Å². The molecule has 5 heteroatoms. The molecule has 0 spiro atoms. The molecule has 0 aliphatic carbocycles. The number of hydrogen-bond acceptors (Lipinski definition) is 4. The van der Waals surface area contributed by atoms with Crippen molar-refractivity contribution in [1.29, 1.82) is 0 Å². The fraction of sp³-hybridized carbons (Fsp3) is 0.231. The first-order valence-corrected chi connectivity index (χ1v) is 6.69. The van der Waals surface area contributed by atoms with Crippen molar-refractivity contribution < 1.29 is 0 Å². The fourth-order valence-electron chi connectivity index (χ4n) is 1.97. The number of benzene rings is 1. The van der Waals surface area contributed by atoms with E-state index in [0.717, 1.165) is 28.3 Å². The lowest BCUT2D eigenvalue weighted by atomic mass is 10.2. The summed E-state index contributed by atoms with van der Waals surface area (Å²) in [7, 11) is 0. The van der Waals surface area contributed by atoms with Crippen LogP contribution in [-0.2, 0) is 6.42 Å². The molecule has 0 amide bonds. The fourth-order valence-corrected chi connectivity index (χ4v) is 2.90. The molecule has 0 fully saturated rings. The molecule has 0 unspecified atom stereocenters. The number of aromatic nitrogens is 3. The van der Waals surface area contributed by atoms with Crippen LogP contribution in [-0.4, -0.2) is 21.5 Å². The monoisotopic (exact) mass is 258 g/mol. The molecule has 4 nitrogen and oxygen atoms in total. The predicted octanol–water partition coefficient (Wildman–Crippen LogP) is 2.50. The number of aryl methyl sites for hydroxylation is 1. The Balaban J connectivity index is 2.01. The van der Waals surface area contributed by atoms with Crippen LogP contribution in [0, 0.1) is 6.92 Å². The van der Waals surface area contributed by atoms with Gasteiger partial charge in [0.15, 0.2) is 0 Å². The van der Waals surface area contributed by atoms with Crippen LogP contribution in [0.3, 0.4) is 0 Å². The van der Waals surface area contributed by atoms with Crippen LogP contribution < -0.4 is 5.73 Å². The van der Waals surface area contributed by atoms with Crippen LogP contribution in [0.25, 0.3) is 21.5 Å². The number of nitrogens with zero attached hydrogens (tertiary/aromatic N) is 2. The summed E-state index contributed by atoms with van der Waals surface area (Å²) in [5.74, 6) is 0.940. The van der Waals surface area contributed by atoms with E-state index in [1.165, 1.54) is 10.4 Å². The number of nitrogens with two attached hydrogens (primary N) is 1. The van der Waals surface area contributed by atoms with Crippen molar-refractivity contribution in [1.82, 2.24) is 15.0 Å². The quantitative estimate of drug-likeness (QED) is 0.758. The first kappa shape index (κ1) is 11.4. The summed E-state index contributed by atoms with van der Waals surface area (Å²) in [5.41, 5.74) is 8.78. The average Bonchev–Trinajstić information content (AvgIpc) is 2.93. The Labute approximate surface area is 109 Å². The van der Waals surface area contributed by atoms with E-state index in [-0.39, 0.29) is 0 Å². The summed E-state index contributed by atoms with van der Waals surface area (Å²) < 4.78 is 0. The van der Waals surface area contributed by atoms with Crippen LogP contribution in [0.15, 0.2) is 24.4 Å². The van der Waals surface area contributed by atoms with Gasteiger partial charge in [-0.05, 0) is 31.2 Å². The highest BCUT2D eigenvalue weighted by atomic mass is 32.1. The predicted molar refractivity (Wildman–Crippen MR) is 74.7 cm³/mol. The summed E-state index contributed by atoms with van der Waals surface area (Å²) in [5, 5.41) is 1.09. The highest BCUT2D eigenvalue weighted by Crippen LogP contribution is 2.28. The second-order valence-corrected chi connectivity index (χ2v) is 5.33. The number of nitrogens with one attached hydrogen (secondary N) is 1. The molecular formula is C13H14N4S. The van der Waals surface area contributed by atoms with E-state index in [4.69, 9.17) is 5.73 Å². The van der Waals surface area contributed by atoms with E-state index < -0.39 is 0 Å². The lowest BCUT2D eigenvalue weighted by Gasteiger charge is -1.96. The molecule has 92 valence electrons. The van der Waals surface area contributed by atoms with Crippen molar-refractivity contribution >= 4 is 22.4 Å². The third-order valence-electron chi connectivity index (χ3n) is 2.80. The van der Waals surface area contributed by atoms with Crippen molar-refractivity contribution in [2.75, 3.05) is 6.54 Å². The zero-order valence-electron chi connectivity index (χ0n) is 10.1. The SMILES string of the molecule is Cc1nc2ccc(-c3cnc(CCN)s3)cc2[nH]1. The van der Waals surface area contributed by atoms with E-state index in [1.54, 1.807) is 11.3 Å². The molecule has 1 aromatic carbocycles. The zero-order chi connectivity index (χ0) is 12.5. The maximum absolute atomic E-state index is 5.54. The lowest BCUT2D eigenvalue weighted by molar-refractivity contribution is 0.953. The van der Waals surface area contributed by atoms with Gasteiger partial charge in [0.1, 0.15) is 5.82 Å². The summed E-state index contributed by atoms with van der Waals surface area (Å²) >= 11 is 1.70. The Morgan fingerprint density at radius 2 is 2.28 bits per heavy atom. The van der Waals surface area contributed by atoms with Crippen LogP contribution in [0.2, 0.25) is 0 Å². The molecule has 3 N–H and O–H groups in total. The van der Waals surface area contributed by atoms with E-state index in [9.17, 15) is 0 Å². The Kier molecular flexibility index (Phi) is 2.85. The number of aromatic amines is 1. The van der Waals surface area contributed by atoms with E-state index in [0.29, 0.717) is 6.54 Å².